The highest BCUT2D eigenvalue weighted by Crippen LogP contribution is 2.31. The molecule has 1 aliphatic heterocycles. The standard InChI is InChI=1S/C20H22F4N2O4S/c1-13(18-12-14(21)2-7-19(18)26-10-8-15(27)9-11-26)25-31(28,29)17-5-3-16(4-6-17)30-20(22,23)24/h2-7,12-13,15,25,27H,8-11H2,1H3/t13-/m1/s1. The number of hydrogen-bond acceptors (Lipinski definition) is 5. The fourth-order valence-corrected chi connectivity index (χ4v) is 4.67. The average molecular weight is 462 g/mol. The van der Waals surface area contributed by atoms with E-state index in [-0.39, 0.29) is 4.90 Å². The number of sulfonamides is 1. The van der Waals surface area contributed by atoms with Gasteiger partial charge in [-0.25, -0.2) is 17.5 Å². The molecule has 170 valence electrons. The average Bonchev–Trinajstić information content (AvgIpc) is 2.67. The first-order valence-corrected chi connectivity index (χ1v) is 11.0. The smallest absolute Gasteiger partial charge is 0.406 e. The van der Waals surface area contributed by atoms with Crippen LogP contribution in [0, 0.1) is 5.82 Å². The Labute approximate surface area is 177 Å². The van der Waals surface area contributed by atoms with Gasteiger partial charge >= 0.3 is 6.36 Å². The summed E-state index contributed by atoms with van der Waals surface area (Å²) in [5, 5.41) is 9.71. The number of anilines is 1. The van der Waals surface area contributed by atoms with Crippen LogP contribution >= 0.6 is 0 Å². The first kappa shape index (κ1) is 23.3. The number of aliphatic hydroxyl groups is 1. The molecule has 2 aromatic carbocycles. The van der Waals surface area contributed by atoms with Crippen molar-refractivity contribution in [1.29, 1.82) is 0 Å². The van der Waals surface area contributed by atoms with Crippen LogP contribution in [0.5, 0.6) is 5.75 Å². The van der Waals surface area contributed by atoms with Gasteiger partial charge in [-0.3, -0.25) is 0 Å². The summed E-state index contributed by atoms with van der Waals surface area (Å²) in [4.78, 5) is 1.70. The lowest BCUT2D eigenvalue weighted by Crippen LogP contribution is -2.37. The second-order valence-electron chi connectivity index (χ2n) is 7.28. The zero-order valence-electron chi connectivity index (χ0n) is 16.6. The Bertz CT molecular complexity index is 1000. The summed E-state index contributed by atoms with van der Waals surface area (Å²) >= 11 is 0. The van der Waals surface area contributed by atoms with Crippen LogP contribution in [-0.2, 0) is 10.0 Å². The number of nitrogens with one attached hydrogen (secondary N) is 1. The third-order valence-electron chi connectivity index (χ3n) is 4.96. The molecule has 1 aliphatic rings. The van der Waals surface area contributed by atoms with Gasteiger partial charge in [0.1, 0.15) is 11.6 Å². The van der Waals surface area contributed by atoms with Crippen molar-refractivity contribution < 1.29 is 35.8 Å². The molecule has 0 spiro atoms. The quantitative estimate of drug-likeness (QED) is 0.640. The van der Waals surface area contributed by atoms with Crippen LogP contribution in [0.2, 0.25) is 0 Å². The second kappa shape index (κ2) is 9.01. The molecule has 0 amide bonds. The summed E-state index contributed by atoms with van der Waals surface area (Å²) in [6.07, 6.45) is -4.20. The van der Waals surface area contributed by atoms with Crippen molar-refractivity contribution in [2.75, 3.05) is 18.0 Å². The van der Waals surface area contributed by atoms with Gasteiger partial charge in [0, 0.05) is 24.8 Å². The third kappa shape index (κ3) is 6.08. The predicted molar refractivity (Wildman–Crippen MR) is 106 cm³/mol. The summed E-state index contributed by atoms with van der Waals surface area (Å²) in [6.45, 7) is 2.63. The first-order chi connectivity index (χ1) is 14.4. The van der Waals surface area contributed by atoms with Crippen molar-refractivity contribution >= 4 is 15.7 Å². The molecule has 1 atom stereocenters. The third-order valence-corrected chi connectivity index (χ3v) is 6.52. The summed E-state index contributed by atoms with van der Waals surface area (Å²) < 4.78 is 82.4. The molecule has 0 bridgehead atoms. The number of nitrogens with zero attached hydrogens (tertiary/aromatic N) is 1. The SMILES string of the molecule is C[C@@H](NS(=O)(=O)c1ccc(OC(F)(F)F)cc1)c1cc(F)ccc1N1CCC(O)CC1. The van der Waals surface area contributed by atoms with Crippen LogP contribution < -0.4 is 14.4 Å². The van der Waals surface area contributed by atoms with E-state index >= 15 is 0 Å². The number of benzene rings is 2. The molecule has 1 fully saturated rings. The van der Waals surface area contributed by atoms with Gasteiger partial charge < -0.3 is 14.7 Å². The molecular formula is C20H22F4N2O4S. The van der Waals surface area contributed by atoms with E-state index in [0.29, 0.717) is 37.2 Å². The Morgan fingerprint density at radius 3 is 2.32 bits per heavy atom. The van der Waals surface area contributed by atoms with Crippen molar-refractivity contribution in [1.82, 2.24) is 4.72 Å². The normalized spacial score (nSPS) is 16.9. The number of alkyl halides is 3. The first-order valence-electron chi connectivity index (χ1n) is 9.55. The number of ether oxygens (including phenoxy) is 1. The lowest BCUT2D eigenvalue weighted by atomic mass is 10.0. The minimum Gasteiger partial charge on any atom is -0.406 e. The molecule has 2 aromatic rings. The van der Waals surface area contributed by atoms with E-state index in [1.165, 1.54) is 12.1 Å². The molecule has 11 heteroatoms. The Morgan fingerprint density at radius 1 is 1.13 bits per heavy atom. The van der Waals surface area contributed by atoms with Crippen LogP contribution in [-0.4, -0.2) is 39.1 Å². The molecule has 0 aromatic heterocycles. The lowest BCUT2D eigenvalue weighted by molar-refractivity contribution is -0.274. The minimum absolute atomic E-state index is 0.257. The molecule has 2 N–H and O–H groups in total. The largest absolute Gasteiger partial charge is 0.573 e. The van der Waals surface area contributed by atoms with E-state index in [1.54, 1.807) is 13.0 Å². The van der Waals surface area contributed by atoms with Gasteiger partial charge in [0.2, 0.25) is 10.0 Å². The molecular weight excluding hydrogens is 440 g/mol. The van der Waals surface area contributed by atoms with Gasteiger partial charge in [0.05, 0.1) is 11.0 Å². The zero-order valence-corrected chi connectivity index (χ0v) is 17.4. The Balaban J connectivity index is 1.80. The van der Waals surface area contributed by atoms with E-state index in [9.17, 15) is 31.1 Å². The highest BCUT2D eigenvalue weighted by atomic mass is 32.2. The molecule has 0 radical (unpaired) electrons. The summed E-state index contributed by atoms with van der Waals surface area (Å²) in [6, 6.07) is 7.06. The monoisotopic (exact) mass is 462 g/mol. The molecule has 1 saturated heterocycles. The van der Waals surface area contributed by atoms with E-state index in [2.05, 4.69) is 9.46 Å². The number of rotatable bonds is 6. The zero-order chi connectivity index (χ0) is 22.8. The van der Waals surface area contributed by atoms with E-state index in [4.69, 9.17) is 0 Å². The van der Waals surface area contributed by atoms with Crippen molar-refractivity contribution in [2.24, 2.45) is 0 Å². The summed E-state index contributed by atoms with van der Waals surface area (Å²) in [5.41, 5.74) is 1.06. The molecule has 3 rings (SSSR count). The van der Waals surface area contributed by atoms with Gasteiger partial charge in [-0.05, 0) is 67.8 Å². The van der Waals surface area contributed by atoms with Crippen LogP contribution in [0.15, 0.2) is 47.4 Å². The van der Waals surface area contributed by atoms with Gasteiger partial charge in [-0.2, -0.15) is 0 Å². The fraction of sp³-hybridized carbons (Fsp3) is 0.400. The highest BCUT2D eigenvalue weighted by Gasteiger charge is 2.31. The predicted octanol–water partition coefficient (Wildman–Crippen LogP) is 3.72. The molecule has 0 unspecified atom stereocenters. The maximum atomic E-state index is 13.9. The molecule has 31 heavy (non-hydrogen) atoms. The maximum absolute atomic E-state index is 13.9. The van der Waals surface area contributed by atoms with Gasteiger partial charge in [-0.15, -0.1) is 13.2 Å². The van der Waals surface area contributed by atoms with Crippen molar-refractivity contribution in [3.63, 3.8) is 0 Å². The van der Waals surface area contributed by atoms with Crippen molar-refractivity contribution in [3.8, 4) is 5.75 Å². The van der Waals surface area contributed by atoms with Crippen LogP contribution in [0.1, 0.15) is 31.4 Å². The number of piperidine rings is 1. The molecule has 0 aliphatic carbocycles. The molecule has 0 saturated carbocycles. The van der Waals surface area contributed by atoms with Crippen LogP contribution in [0.4, 0.5) is 23.2 Å². The Kier molecular flexibility index (Phi) is 6.77. The van der Waals surface area contributed by atoms with Gasteiger partial charge in [-0.1, -0.05) is 0 Å². The lowest BCUT2D eigenvalue weighted by Gasteiger charge is -2.34. The second-order valence-corrected chi connectivity index (χ2v) is 9.00. The number of aliphatic hydroxyl groups excluding tert-OH is 1. The Morgan fingerprint density at radius 2 is 1.74 bits per heavy atom. The molecule has 1 heterocycles. The van der Waals surface area contributed by atoms with Crippen molar-refractivity contribution in [2.45, 2.75) is 43.2 Å². The van der Waals surface area contributed by atoms with Crippen LogP contribution in [0.25, 0.3) is 0 Å². The summed E-state index contributed by atoms with van der Waals surface area (Å²) in [5.74, 6) is -1.07. The topological polar surface area (TPSA) is 78.9 Å². The minimum atomic E-state index is -4.88. The number of hydrogen-bond donors (Lipinski definition) is 2. The van der Waals surface area contributed by atoms with Crippen molar-refractivity contribution in [3.05, 3.63) is 53.8 Å². The van der Waals surface area contributed by atoms with E-state index in [1.807, 2.05) is 4.90 Å². The number of halogens is 4. The molecule has 6 nitrogen and oxygen atoms in total. The van der Waals surface area contributed by atoms with E-state index < -0.39 is 40.1 Å². The van der Waals surface area contributed by atoms with E-state index in [0.717, 1.165) is 24.3 Å². The fourth-order valence-electron chi connectivity index (χ4n) is 3.45. The Hall–Kier alpha value is -2.37. The van der Waals surface area contributed by atoms with Gasteiger partial charge in [0.15, 0.2) is 0 Å². The maximum Gasteiger partial charge on any atom is 0.573 e. The summed E-state index contributed by atoms with van der Waals surface area (Å²) in [7, 11) is -4.10. The van der Waals surface area contributed by atoms with Crippen LogP contribution in [0.3, 0.4) is 0 Å². The van der Waals surface area contributed by atoms with Gasteiger partial charge in [0.25, 0.3) is 0 Å². The highest BCUT2D eigenvalue weighted by molar-refractivity contribution is 7.89.